The molecular weight excluding hydrogens is 286 g/mol. The van der Waals surface area contributed by atoms with Crippen LogP contribution in [-0.2, 0) is 15.8 Å². The van der Waals surface area contributed by atoms with Gasteiger partial charge in [0, 0.05) is 39.3 Å². The van der Waals surface area contributed by atoms with Crippen molar-refractivity contribution < 1.29 is 8.42 Å². The maximum Gasteiger partial charge on any atom is 0.215 e. The summed E-state index contributed by atoms with van der Waals surface area (Å²) in [5.41, 5.74) is 1.92. The Bertz CT molecular complexity index is 552. The molecule has 1 aliphatic rings. The quantitative estimate of drug-likeness (QED) is 0.839. The summed E-state index contributed by atoms with van der Waals surface area (Å²) in [7, 11) is -1.14. The van der Waals surface area contributed by atoms with E-state index in [2.05, 4.69) is 21.6 Å². The van der Waals surface area contributed by atoms with Crippen LogP contribution in [0.3, 0.4) is 0 Å². The molecule has 21 heavy (non-hydrogen) atoms. The van der Waals surface area contributed by atoms with Crippen molar-refractivity contribution in [3.05, 3.63) is 35.4 Å². The lowest BCUT2D eigenvalue weighted by atomic mass is 10.2. The van der Waals surface area contributed by atoms with Crippen molar-refractivity contribution in [3.8, 4) is 0 Å². The molecule has 0 saturated carbocycles. The van der Waals surface area contributed by atoms with E-state index in [4.69, 9.17) is 0 Å². The minimum absolute atomic E-state index is 0.0530. The molecule has 6 heteroatoms. The van der Waals surface area contributed by atoms with E-state index in [1.165, 1.54) is 0 Å². The Morgan fingerprint density at radius 1 is 1.19 bits per heavy atom. The minimum atomic E-state index is -3.25. The Morgan fingerprint density at radius 3 is 2.57 bits per heavy atom. The van der Waals surface area contributed by atoms with Gasteiger partial charge >= 0.3 is 0 Å². The first-order valence-corrected chi connectivity index (χ1v) is 9.04. The van der Waals surface area contributed by atoms with E-state index in [1.54, 1.807) is 0 Å². The highest BCUT2D eigenvalue weighted by Crippen LogP contribution is 2.07. The fourth-order valence-electron chi connectivity index (χ4n) is 2.50. The molecule has 1 aliphatic heterocycles. The van der Waals surface area contributed by atoms with Gasteiger partial charge in [0.2, 0.25) is 10.0 Å². The average molecular weight is 311 g/mol. The third-order valence-corrected chi connectivity index (χ3v) is 5.14. The van der Waals surface area contributed by atoms with Crippen LogP contribution in [-0.4, -0.2) is 64.5 Å². The molecule has 1 aromatic carbocycles. The third kappa shape index (κ3) is 5.74. The molecule has 0 bridgehead atoms. The summed E-state index contributed by atoms with van der Waals surface area (Å²) in [6, 6.07) is 7.63. The molecule has 0 radical (unpaired) electrons. The van der Waals surface area contributed by atoms with Crippen molar-refractivity contribution in [2.75, 3.05) is 46.3 Å². The van der Waals surface area contributed by atoms with Crippen LogP contribution in [0.2, 0.25) is 0 Å². The second kappa shape index (κ2) is 7.35. The Morgan fingerprint density at radius 2 is 1.90 bits per heavy atom. The lowest BCUT2D eigenvalue weighted by Crippen LogP contribution is -2.46. The molecule has 5 nitrogen and oxygen atoms in total. The average Bonchev–Trinajstić information content (AvgIpc) is 2.40. The van der Waals surface area contributed by atoms with E-state index >= 15 is 0 Å². The van der Waals surface area contributed by atoms with Gasteiger partial charge in [-0.2, -0.15) is 0 Å². The summed E-state index contributed by atoms with van der Waals surface area (Å²) < 4.78 is 26.8. The van der Waals surface area contributed by atoms with Gasteiger partial charge in [0.1, 0.15) is 0 Å². The SMILES string of the molecule is Cc1cccc(CS(=O)(=O)NCCN2CCN(C)CC2)c1. The molecule has 0 aliphatic carbocycles. The molecule has 0 amide bonds. The zero-order valence-corrected chi connectivity index (χ0v) is 13.7. The Hall–Kier alpha value is -0.950. The predicted octanol–water partition coefficient (Wildman–Crippen LogP) is 0.662. The molecule has 1 fully saturated rings. The largest absolute Gasteiger partial charge is 0.304 e. The molecule has 2 rings (SSSR count). The van der Waals surface area contributed by atoms with E-state index in [-0.39, 0.29) is 5.75 Å². The number of piperazine rings is 1. The van der Waals surface area contributed by atoms with Gasteiger partial charge in [0.15, 0.2) is 0 Å². The number of hydrogen-bond donors (Lipinski definition) is 1. The van der Waals surface area contributed by atoms with E-state index in [0.29, 0.717) is 6.54 Å². The number of nitrogens with zero attached hydrogens (tertiary/aromatic N) is 2. The third-order valence-electron chi connectivity index (χ3n) is 3.79. The van der Waals surface area contributed by atoms with Gasteiger partial charge in [-0.1, -0.05) is 29.8 Å². The fraction of sp³-hybridized carbons (Fsp3) is 0.600. The first kappa shape index (κ1) is 16.4. The van der Waals surface area contributed by atoms with Gasteiger partial charge < -0.3 is 4.90 Å². The van der Waals surface area contributed by atoms with Crippen molar-refractivity contribution in [2.24, 2.45) is 0 Å². The number of likely N-dealkylation sites (N-methyl/N-ethyl adjacent to an activating group) is 1. The van der Waals surface area contributed by atoms with Crippen LogP contribution in [0.1, 0.15) is 11.1 Å². The topological polar surface area (TPSA) is 52.7 Å². The molecule has 1 saturated heterocycles. The lowest BCUT2D eigenvalue weighted by Gasteiger charge is -2.32. The van der Waals surface area contributed by atoms with Gasteiger partial charge in [-0.3, -0.25) is 4.90 Å². The standard InChI is InChI=1S/C15H25N3O2S/c1-14-4-3-5-15(12-14)13-21(19,20)16-6-7-18-10-8-17(2)9-11-18/h3-5,12,16H,6-11,13H2,1-2H3. The highest BCUT2D eigenvalue weighted by Gasteiger charge is 2.15. The van der Waals surface area contributed by atoms with Crippen molar-refractivity contribution in [1.29, 1.82) is 0 Å². The van der Waals surface area contributed by atoms with E-state index in [9.17, 15) is 8.42 Å². The molecule has 0 unspecified atom stereocenters. The minimum Gasteiger partial charge on any atom is -0.304 e. The number of rotatable bonds is 6. The van der Waals surface area contributed by atoms with Crippen molar-refractivity contribution in [1.82, 2.24) is 14.5 Å². The summed E-state index contributed by atoms with van der Waals surface area (Å²) in [5, 5.41) is 0. The molecule has 118 valence electrons. The van der Waals surface area contributed by atoms with Gasteiger partial charge in [-0.05, 0) is 19.5 Å². The molecular formula is C15H25N3O2S. The second-order valence-electron chi connectivity index (χ2n) is 5.79. The van der Waals surface area contributed by atoms with E-state index in [1.807, 2.05) is 31.2 Å². The smallest absolute Gasteiger partial charge is 0.215 e. The van der Waals surface area contributed by atoms with Crippen LogP contribution in [0.5, 0.6) is 0 Å². The van der Waals surface area contributed by atoms with Gasteiger partial charge in [0.05, 0.1) is 5.75 Å². The molecule has 1 N–H and O–H groups in total. The van der Waals surface area contributed by atoms with Crippen molar-refractivity contribution in [3.63, 3.8) is 0 Å². The predicted molar refractivity (Wildman–Crippen MR) is 85.7 cm³/mol. The summed E-state index contributed by atoms with van der Waals surface area (Å²) in [6.45, 7) is 7.36. The van der Waals surface area contributed by atoms with Crippen LogP contribution in [0.4, 0.5) is 0 Å². The normalized spacial score (nSPS) is 18.0. The Balaban J connectivity index is 1.76. The zero-order valence-electron chi connectivity index (χ0n) is 12.9. The first-order chi connectivity index (χ1) is 9.94. The molecule has 1 aromatic rings. The first-order valence-electron chi connectivity index (χ1n) is 7.38. The van der Waals surface area contributed by atoms with Crippen LogP contribution in [0, 0.1) is 6.92 Å². The molecule has 1 heterocycles. The number of nitrogens with one attached hydrogen (secondary N) is 1. The van der Waals surface area contributed by atoms with Gasteiger partial charge in [0.25, 0.3) is 0 Å². The van der Waals surface area contributed by atoms with Crippen LogP contribution < -0.4 is 4.72 Å². The van der Waals surface area contributed by atoms with Crippen LogP contribution in [0.15, 0.2) is 24.3 Å². The highest BCUT2D eigenvalue weighted by molar-refractivity contribution is 7.88. The molecule has 0 aromatic heterocycles. The maximum atomic E-state index is 12.1. The lowest BCUT2D eigenvalue weighted by molar-refractivity contribution is 0.156. The highest BCUT2D eigenvalue weighted by atomic mass is 32.2. The molecule has 0 spiro atoms. The monoisotopic (exact) mass is 311 g/mol. The van der Waals surface area contributed by atoms with Crippen LogP contribution in [0.25, 0.3) is 0 Å². The number of hydrogen-bond acceptors (Lipinski definition) is 4. The Kier molecular flexibility index (Phi) is 5.75. The number of benzene rings is 1. The van der Waals surface area contributed by atoms with Gasteiger partial charge in [-0.15, -0.1) is 0 Å². The van der Waals surface area contributed by atoms with Gasteiger partial charge in [-0.25, -0.2) is 13.1 Å². The van der Waals surface area contributed by atoms with Crippen LogP contribution >= 0.6 is 0 Å². The summed E-state index contributed by atoms with van der Waals surface area (Å²) >= 11 is 0. The van der Waals surface area contributed by atoms with Crippen molar-refractivity contribution in [2.45, 2.75) is 12.7 Å². The zero-order chi connectivity index (χ0) is 15.3. The maximum absolute atomic E-state index is 12.1. The van der Waals surface area contributed by atoms with E-state index in [0.717, 1.165) is 43.9 Å². The fourth-order valence-corrected chi connectivity index (χ4v) is 3.63. The Labute approximate surface area is 128 Å². The second-order valence-corrected chi connectivity index (χ2v) is 7.59. The number of aryl methyl sites for hydroxylation is 1. The molecule has 0 atom stereocenters. The summed E-state index contributed by atoms with van der Waals surface area (Å²) in [4.78, 5) is 4.59. The van der Waals surface area contributed by atoms with E-state index < -0.39 is 10.0 Å². The summed E-state index contributed by atoms with van der Waals surface area (Å²) in [5.74, 6) is 0.0530. The summed E-state index contributed by atoms with van der Waals surface area (Å²) in [6.07, 6.45) is 0. The van der Waals surface area contributed by atoms with Crippen molar-refractivity contribution >= 4 is 10.0 Å². The number of sulfonamides is 1.